The normalized spacial score (nSPS) is 11.3. The second kappa shape index (κ2) is 11.8. The number of nitrogens with zero attached hydrogens (tertiary/aromatic N) is 4. The van der Waals surface area contributed by atoms with Crippen LogP contribution in [0.1, 0.15) is 12.5 Å². The van der Waals surface area contributed by atoms with Crippen LogP contribution in [0.4, 0.5) is 0 Å². The predicted molar refractivity (Wildman–Crippen MR) is 130 cm³/mol. The molecule has 0 spiro atoms. The fourth-order valence-electron chi connectivity index (χ4n) is 3.03. The molecule has 0 fully saturated rings. The van der Waals surface area contributed by atoms with E-state index in [1.165, 1.54) is 13.1 Å². The molecule has 3 aromatic rings. The molecule has 0 atom stereocenters. The van der Waals surface area contributed by atoms with Crippen LogP contribution in [-0.2, 0) is 30.9 Å². The SMILES string of the molecule is CCOC(=O)CN(CCNS(=O)(=O)c1nnc(-c2ccccc2)s1)C(=O)Cn1cc(C)c(=O)[nH]c1=O. The number of H-pyrrole nitrogens is 1. The molecule has 0 bridgehead atoms. The molecular formula is C21H24N6O7S2. The van der Waals surface area contributed by atoms with Crippen molar-refractivity contribution in [3.05, 3.63) is 62.9 Å². The number of nitrogens with one attached hydrogen (secondary N) is 2. The maximum atomic E-state index is 12.9. The zero-order valence-corrected chi connectivity index (χ0v) is 21.1. The first-order chi connectivity index (χ1) is 17.1. The Morgan fingerprint density at radius 2 is 1.92 bits per heavy atom. The molecule has 0 unspecified atom stereocenters. The highest BCUT2D eigenvalue weighted by Gasteiger charge is 2.23. The van der Waals surface area contributed by atoms with Gasteiger partial charge in [-0.1, -0.05) is 41.7 Å². The highest BCUT2D eigenvalue weighted by atomic mass is 32.2. The topological polar surface area (TPSA) is 173 Å². The van der Waals surface area contributed by atoms with Gasteiger partial charge in [0.05, 0.1) is 6.61 Å². The Kier molecular flexibility index (Phi) is 8.84. The van der Waals surface area contributed by atoms with Crippen molar-refractivity contribution < 1.29 is 22.7 Å². The lowest BCUT2D eigenvalue weighted by molar-refractivity contribution is -0.149. The molecule has 0 aliphatic carbocycles. The number of sulfonamides is 1. The number of carbonyl (C=O) groups is 2. The van der Waals surface area contributed by atoms with Crippen LogP contribution in [0.2, 0.25) is 0 Å². The van der Waals surface area contributed by atoms with E-state index in [0.29, 0.717) is 5.01 Å². The summed E-state index contributed by atoms with van der Waals surface area (Å²) >= 11 is 0.887. The molecule has 1 aromatic carbocycles. The van der Waals surface area contributed by atoms with Crippen LogP contribution in [0.5, 0.6) is 0 Å². The molecule has 3 rings (SSSR count). The highest BCUT2D eigenvalue weighted by molar-refractivity contribution is 7.91. The summed E-state index contributed by atoms with van der Waals surface area (Å²) in [4.78, 5) is 51.6. The minimum Gasteiger partial charge on any atom is -0.465 e. The lowest BCUT2D eigenvalue weighted by Crippen LogP contribution is -2.44. The standard InChI is InChI=1S/C21H24N6O7S2/c1-3-34-17(29)13-26(16(28)12-27-11-14(2)18(30)23-20(27)31)10-9-22-36(32,33)21-25-24-19(35-21)15-7-5-4-6-8-15/h4-8,11,22H,3,9-10,12-13H2,1-2H3,(H,23,30,31). The fourth-order valence-corrected chi connectivity index (χ4v) is 5.10. The number of ether oxygens (including phenoxy) is 1. The average Bonchev–Trinajstić information content (AvgIpc) is 3.34. The summed E-state index contributed by atoms with van der Waals surface area (Å²) in [6.07, 6.45) is 1.23. The summed E-state index contributed by atoms with van der Waals surface area (Å²) in [7, 11) is -4.04. The number of aryl methyl sites for hydroxylation is 1. The monoisotopic (exact) mass is 536 g/mol. The first-order valence-electron chi connectivity index (χ1n) is 10.7. The Labute approximate surface area is 209 Å². The molecule has 2 heterocycles. The maximum Gasteiger partial charge on any atom is 0.328 e. The summed E-state index contributed by atoms with van der Waals surface area (Å²) in [6, 6.07) is 8.96. The predicted octanol–water partition coefficient (Wildman–Crippen LogP) is -0.266. The Hall–Kier alpha value is -3.69. The number of carbonyl (C=O) groups excluding carboxylic acids is 2. The third-order valence-electron chi connectivity index (χ3n) is 4.80. The lowest BCUT2D eigenvalue weighted by Gasteiger charge is -2.22. The molecule has 0 saturated carbocycles. The number of aromatic amines is 1. The van der Waals surface area contributed by atoms with Gasteiger partial charge in [-0.3, -0.25) is 23.9 Å². The number of hydrogen-bond donors (Lipinski definition) is 2. The lowest BCUT2D eigenvalue weighted by atomic mass is 10.2. The van der Waals surface area contributed by atoms with E-state index in [2.05, 4.69) is 19.9 Å². The number of amides is 1. The van der Waals surface area contributed by atoms with E-state index >= 15 is 0 Å². The van der Waals surface area contributed by atoms with E-state index in [0.717, 1.165) is 26.4 Å². The second-order valence-corrected chi connectivity index (χ2v) is 10.4. The minimum atomic E-state index is -4.04. The molecule has 2 N–H and O–H groups in total. The molecule has 1 amide bonds. The van der Waals surface area contributed by atoms with E-state index in [4.69, 9.17) is 4.74 Å². The zero-order valence-electron chi connectivity index (χ0n) is 19.5. The molecule has 0 aliphatic rings. The summed E-state index contributed by atoms with van der Waals surface area (Å²) in [5.41, 5.74) is -0.427. The third-order valence-corrected chi connectivity index (χ3v) is 7.60. The average molecular weight is 537 g/mol. The van der Waals surface area contributed by atoms with Crippen LogP contribution < -0.4 is 16.0 Å². The van der Waals surface area contributed by atoms with Gasteiger partial charge < -0.3 is 9.64 Å². The van der Waals surface area contributed by atoms with Crippen LogP contribution in [-0.4, -0.2) is 71.2 Å². The van der Waals surface area contributed by atoms with Gasteiger partial charge in [0.2, 0.25) is 10.2 Å². The van der Waals surface area contributed by atoms with Gasteiger partial charge >= 0.3 is 11.7 Å². The largest absolute Gasteiger partial charge is 0.465 e. The maximum absolute atomic E-state index is 12.9. The number of aromatic nitrogens is 4. The van der Waals surface area contributed by atoms with E-state index in [1.807, 2.05) is 6.07 Å². The van der Waals surface area contributed by atoms with E-state index in [1.54, 1.807) is 31.2 Å². The Morgan fingerprint density at radius 3 is 2.61 bits per heavy atom. The minimum absolute atomic E-state index is 0.0901. The number of benzene rings is 1. The van der Waals surface area contributed by atoms with Gasteiger partial charge in [-0.2, -0.15) is 0 Å². The van der Waals surface area contributed by atoms with E-state index < -0.39 is 46.2 Å². The molecule has 192 valence electrons. The van der Waals surface area contributed by atoms with Crippen LogP contribution in [0.3, 0.4) is 0 Å². The van der Waals surface area contributed by atoms with E-state index in [9.17, 15) is 27.6 Å². The van der Waals surface area contributed by atoms with Gasteiger partial charge in [0.15, 0.2) is 0 Å². The number of rotatable bonds is 11. The Bertz CT molecular complexity index is 1450. The quantitative estimate of drug-likeness (QED) is 0.313. The number of hydrogen-bond acceptors (Lipinski definition) is 10. The van der Waals surface area contributed by atoms with Gasteiger partial charge in [0.25, 0.3) is 15.6 Å². The van der Waals surface area contributed by atoms with Crippen LogP contribution in [0.25, 0.3) is 10.6 Å². The second-order valence-electron chi connectivity index (χ2n) is 7.46. The summed E-state index contributed by atoms with van der Waals surface area (Å²) in [6.45, 7) is 1.80. The highest BCUT2D eigenvalue weighted by Crippen LogP contribution is 2.25. The molecule has 0 aliphatic heterocycles. The van der Waals surface area contributed by atoms with Gasteiger partial charge in [-0.15, -0.1) is 10.2 Å². The summed E-state index contributed by atoms with van der Waals surface area (Å²) in [5, 5.41) is 8.09. The van der Waals surface area contributed by atoms with Gasteiger partial charge in [-0.05, 0) is 13.8 Å². The summed E-state index contributed by atoms with van der Waals surface area (Å²) < 4.78 is 33.3. The van der Waals surface area contributed by atoms with Crippen LogP contribution in [0, 0.1) is 6.92 Å². The molecule has 15 heteroatoms. The summed E-state index contributed by atoms with van der Waals surface area (Å²) in [5.74, 6) is -1.35. The third kappa shape index (κ3) is 6.93. The molecule has 36 heavy (non-hydrogen) atoms. The van der Waals surface area contributed by atoms with Crippen molar-refractivity contribution in [1.29, 1.82) is 0 Å². The molecule has 0 saturated heterocycles. The van der Waals surface area contributed by atoms with Crippen molar-refractivity contribution in [2.45, 2.75) is 24.7 Å². The van der Waals surface area contributed by atoms with Gasteiger partial charge in [0.1, 0.15) is 18.1 Å². The first kappa shape index (κ1) is 26.9. The smallest absolute Gasteiger partial charge is 0.328 e. The Morgan fingerprint density at radius 1 is 1.19 bits per heavy atom. The number of esters is 1. The van der Waals surface area contributed by atoms with Crippen molar-refractivity contribution in [1.82, 2.24) is 29.4 Å². The Balaban J connectivity index is 1.69. The zero-order chi connectivity index (χ0) is 26.3. The molecule has 0 radical (unpaired) electrons. The molecular weight excluding hydrogens is 512 g/mol. The first-order valence-corrected chi connectivity index (χ1v) is 13.0. The van der Waals surface area contributed by atoms with Gasteiger partial charge in [-0.25, -0.2) is 17.9 Å². The fraction of sp³-hybridized carbons (Fsp3) is 0.333. The van der Waals surface area contributed by atoms with Crippen LogP contribution in [0.15, 0.2) is 50.5 Å². The van der Waals surface area contributed by atoms with Crippen LogP contribution >= 0.6 is 11.3 Å². The van der Waals surface area contributed by atoms with Crippen molar-refractivity contribution in [3.63, 3.8) is 0 Å². The van der Waals surface area contributed by atoms with Crippen molar-refractivity contribution in [2.75, 3.05) is 26.2 Å². The van der Waals surface area contributed by atoms with Crippen molar-refractivity contribution >= 4 is 33.2 Å². The van der Waals surface area contributed by atoms with E-state index in [-0.39, 0.29) is 29.6 Å². The molecule has 2 aromatic heterocycles. The van der Waals surface area contributed by atoms with Crippen molar-refractivity contribution in [2.24, 2.45) is 0 Å². The van der Waals surface area contributed by atoms with Crippen molar-refractivity contribution in [3.8, 4) is 10.6 Å². The van der Waals surface area contributed by atoms with Gasteiger partial charge in [0, 0.05) is 30.4 Å². The molecule has 13 nitrogen and oxygen atoms in total.